The monoisotopic (exact) mass is 267 g/mol. The first-order valence-electron chi connectivity index (χ1n) is 7.57. The molecule has 20 heavy (non-hydrogen) atoms. The standard InChI is InChI=1S/C17H21N3/c1-2-20-16(7-6-15-4-3-9-19-15)11-14-10-13(12-18)5-8-17(14)20/h5,8,10-11,15,19H,2-4,6-7,9H2,1H3. The van der Waals surface area contributed by atoms with Crippen LogP contribution in [0.25, 0.3) is 10.9 Å². The molecule has 0 bridgehead atoms. The second-order valence-electron chi connectivity index (χ2n) is 5.60. The molecular formula is C17H21N3. The van der Waals surface area contributed by atoms with Crippen LogP contribution in [0.5, 0.6) is 0 Å². The van der Waals surface area contributed by atoms with Gasteiger partial charge in [0.15, 0.2) is 0 Å². The fourth-order valence-corrected chi connectivity index (χ4v) is 3.30. The number of benzene rings is 1. The van der Waals surface area contributed by atoms with Crippen LogP contribution in [0, 0.1) is 11.3 Å². The first-order valence-corrected chi connectivity index (χ1v) is 7.57. The summed E-state index contributed by atoms with van der Waals surface area (Å²) in [7, 11) is 0. The van der Waals surface area contributed by atoms with E-state index in [9.17, 15) is 0 Å². The van der Waals surface area contributed by atoms with Crippen LogP contribution in [0.2, 0.25) is 0 Å². The lowest BCUT2D eigenvalue weighted by atomic mass is 10.1. The second-order valence-corrected chi connectivity index (χ2v) is 5.60. The van der Waals surface area contributed by atoms with Gasteiger partial charge in [0.25, 0.3) is 0 Å². The molecule has 1 fully saturated rings. The van der Waals surface area contributed by atoms with Gasteiger partial charge >= 0.3 is 0 Å². The quantitative estimate of drug-likeness (QED) is 0.924. The Labute approximate surface area is 120 Å². The minimum atomic E-state index is 0.688. The minimum Gasteiger partial charge on any atom is -0.345 e. The average molecular weight is 267 g/mol. The lowest BCUT2D eigenvalue weighted by Gasteiger charge is -2.12. The summed E-state index contributed by atoms with van der Waals surface area (Å²) >= 11 is 0. The van der Waals surface area contributed by atoms with E-state index in [1.54, 1.807) is 0 Å². The van der Waals surface area contributed by atoms with Crippen LogP contribution in [0.15, 0.2) is 24.3 Å². The molecule has 0 spiro atoms. The molecule has 3 nitrogen and oxygen atoms in total. The number of nitrogens with one attached hydrogen (secondary N) is 1. The normalized spacial score (nSPS) is 18.5. The molecule has 1 atom stereocenters. The highest BCUT2D eigenvalue weighted by atomic mass is 15.0. The van der Waals surface area contributed by atoms with Gasteiger partial charge in [-0.05, 0) is 63.4 Å². The molecule has 3 heteroatoms. The SMILES string of the molecule is CCn1c(CCC2CCCN2)cc2cc(C#N)ccc21. The minimum absolute atomic E-state index is 0.688. The summed E-state index contributed by atoms with van der Waals surface area (Å²) in [6, 6.07) is 11.2. The van der Waals surface area contributed by atoms with E-state index in [1.807, 2.05) is 12.1 Å². The van der Waals surface area contributed by atoms with Crippen LogP contribution in [0.1, 0.15) is 37.4 Å². The molecule has 104 valence electrons. The molecule has 1 aliphatic heterocycles. The Balaban J connectivity index is 1.87. The maximum absolute atomic E-state index is 9.01. The van der Waals surface area contributed by atoms with Gasteiger partial charge in [0, 0.05) is 29.2 Å². The number of fused-ring (bicyclic) bond motifs is 1. The van der Waals surface area contributed by atoms with E-state index in [-0.39, 0.29) is 0 Å². The fourth-order valence-electron chi connectivity index (χ4n) is 3.30. The van der Waals surface area contributed by atoms with E-state index in [2.05, 4.69) is 35.0 Å². The van der Waals surface area contributed by atoms with Crippen LogP contribution >= 0.6 is 0 Å². The van der Waals surface area contributed by atoms with E-state index < -0.39 is 0 Å². The van der Waals surface area contributed by atoms with Gasteiger partial charge in [-0.2, -0.15) is 5.26 Å². The van der Waals surface area contributed by atoms with Crippen molar-refractivity contribution < 1.29 is 0 Å². The zero-order valence-corrected chi connectivity index (χ0v) is 12.0. The Hall–Kier alpha value is -1.79. The molecule has 3 rings (SSSR count). The predicted octanol–water partition coefficient (Wildman–Crippen LogP) is 3.22. The maximum Gasteiger partial charge on any atom is 0.0991 e. The number of rotatable bonds is 4. The molecule has 2 heterocycles. The molecular weight excluding hydrogens is 246 g/mol. The van der Waals surface area contributed by atoms with Crippen molar-refractivity contribution in [3.05, 3.63) is 35.5 Å². The molecule has 1 saturated heterocycles. The summed E-state index contributed by atoms with van der Waals surface area (Å²) in [6.45, 7) is 4.35. The fraction of sp³-hybridized carbons (Fsp3) is 0.471. The molecule has 0 amide bonds. The molecule has 2 aromatic rings. The Kier molecular flexibility index (Phi) is 3.75. The van der Waals surface area contributed by atoms with Crippen molar-refractivity contribution in [1.82, 2.24) is 9.88 Å². The van der Waals surface area contributed by atoms with Gasteiger partial charge in [0.2, 0.25) is 0 Å². The van der Waals surface area contributed by atoms with Gasteiger partial charge < -0.3 is 9.88 Å². The van der Waals surface area contributed by atoms with Crippen LogP contribution in [0.3, 0.4) is 0 Å². The Bertz CT molecular complexity index is 642. The summed E-state index contributed by atoms with van der Waals surface area (Å²) in [5, 5.41) is 13.8. The first-order chi connectivity index (χ1) is 9.81. The van der Waals surface area contributed by atoms with Gasteiger partial charge in [-0.15, -0.1) is 0 Å². The van der Waals surface area contributed by atoms with E-state index in [0.717, 1.165) is 18.5 Å². The molecule has 1 aromatic carbocycles. The maximum atomic E-state index is 9.01. The van der Waals surface area contributed by atoms with Gasteiger partial charge in [0.05, 0.1) is 11.6 Å². The van der Waals surface area contributed by atoms with Crippen LogP contribution in [0.4, 0.5) is 0 Å². The Morgan fingerprint density at radius 1 is 1.40 bits per heavy atom. The summed E-state index contributed by atoms with van der Waals surface area (Å²) < 4.78 is 2.38. The van der Waals surface area contributed by atoms with Gasteiger partial charge in [-0.25, -0.2) is 0 Å². The van der Waals surface area contributed by atoms with Crippen molar-refractivity contribution in [2.45, 2.75) is 45.2 Å². The average Bonchev–Trinajstić information content (AvgIpc) is 3.10. The second kappa shape index (κ2) is 5.68. The lowest BCUT2D eigenvalue weighted by molar-refractivity contribution is 0.547. The van der Waals surface area contributed by atoms with E-state index in [0.29, 0.717) is 6.04 Å². The molecule has 0 radical (unpaired) electrons. The van der Waals surface area contributed by atoms with E-state index in [4.69, 9.17) is 5.26 Å². The highest BCUT2D eigenvalue weighted by Crippen LogP contribution is 2.23. The third-order valence-electron chi connectivity index (χ3n) is 4.34. The predicted molar refractivity (Wildman–Crippen MR) is 81.7 cm³/mol. The molecule has 1 aromatic heterocycles. The topological polar surface area (TPSA) is 40.8 Å². The number of hydrogen-bond donors (Lipinski definition) is 1. The summed E-state index contributed by atoms with van der Waals surface area (Å²) in [5.41, 5.74) is 3.39. The Morgan fingerprint density at radius 3 is 3.00 bits per heavy atom. The highest BCUT2D eigenvalue weighted by Gasteiger charge is 2.15. The molecule has 1 aliphatic rings. The summed E-state index contributed by atoms with van der Waals surface area (Å²) in [6.07, 6.45) is 4.95. The number of aromatic nitrogens is 1. The molecule has 0 saturated carbocycles. The molecule has 1 N–H and O–H groups in total. The van der Waals surface area contributed by atoms with Crippen LogP contribution in [-0.2, 0) is 13.0 Å². The number of nitrogens with zero attached hydrogens (tertiary/aromatic N) is 2. The largest absolute Gasteiger partial charge is 0.345 e. The van der Waals surface area contributed by atoms with Crippen molar-refractivity contribution in [2.75, 3.05) is 6.54 Å². The number of hydrogen-bond acceptors (Lipinski definition) is 2. The van der Waals surface area contributed by atoms with Crippen LogP contribution < -0.4 is 5.32 Å². The molecule has 1 unspecified atom stereocenters. The van der Waals surface area contributed by atoms with Crippen molar-refractivity contribution >= 4 is 10.9 Å². The number of nitriles is 1. The smallest absolute Gasteiger partial charge is 0.0991 e. The van der Waals surface area contributed by atoms with Crippen molar-refractivity contribution in [2.24, 2.45) is 0 Å². The van der Waals surface area contributed by atoms with E-state index >= 15 is 0 Å². The van der Waals surface area contributed by atoms with Gasteiger partial charge in [0.1, 0.15) is 0 Å². The van der Waals surface area contributed by atoms with E-state index in [1.165, 1.54) is 42.4 Å². The number of aryl methyl sites for hydroxylation is 2. The van der Waals surface area contributed by atoms with Crippen molar-refractivity contribution in [3.8, 4) is 6.07 Å². The highest BCUT2D eigenvalue weighted by molar-refractivity contribution is 5.82. The zero-order valence-electron chi connectivity index (χ0n) is 12.0. The van der Waals surface area contributed by atoms with Crippen molar-refractivity contribution in [1.29, 1.82) is 5.26 Å². The third-order valence-corrected chi connectivity index (χ3v) is 4.34. The van der Waals surface area contributed by atoms with Crippen LogP contribution in [-0.4, -0.2) is 17.2 Å². The summed E-state index contributed by atoms with van der Waals surface area (Å²) in [5.74, 6) is 0. The zero-order chi connectivity index (χ0) is 13.9. The van der Waals surface area contributed by atoms with Crippen molar-refractivity contribution in [3.63, 3.8) is 0 Å². The van der Waals surface area contributed by atoms with Gasteiger partial charge in [-0.3, -0.25) is 0 Å². The van der Waals surface area contributed by atoms with Gasteiger partial charge in [-0.1, -0.05) is 0 Å². The summed E-state index contributed by atoms with van der Waals surface area (Å²) in [4.78, 5) is 0. The lowest BCUT2D eigenvalue weighted by Crippen LogP contribution is -2.22. The Morgan fingerprint density at radius 2 is 2.30 bits per heavy atom. The third kappa shape index (κ3) is 2.44. The first kappa shape index (κ1) is 13.2. The molecule has 0 aliphatic carbocycles.